The minimum absolute atomic E-state index is 0.611. The molecule has 0 bridgehead atoms. The van der Waals surface area contributed by atoms with Gasteiger partial charge in [-0.1, -0.05) is 37.6 Å². The van der Waals surface area contributed by atoms with Crippen LogP contribution in [-0.4, -0.2) is 11.8 Å². The van der Waals surface area contributed by atoms with Crippen LogP contribution in [0.5, 0.6) is 0 Å². The van der Waals surface area contributed by atoms with Crippen molar-refractivity contribution in [1.82, 2.24) is 0 Å². The Kier molecular flexibility index (Phi) is 5.92. The Labute approximate surface area is 136 Å². The molecule has 0 atom stereocenters. The Morgan fingerprint density at radius 1 is 0.913 bits per heavy atom. The van der Waals surface area contributed by atoms with Gasteiger partial charge in [-0.15, -0.1) is 0 Å². The average Bonchev–Trinajstić information content (AvgIpc) is 2.54. The summed E-state index contributed by atoms with van der Waals surface area (Å²) in [6.07, 6.45) is 3.32. The number of amides is 2. The number of rotatable bonds is 5. The zero-order valence-electron chi connectivity index (χ0n) is 13.6. The van der Waals surface area contributed by atoms with Crippen LogP contribution in [0.2, 0.25) is 0 Å². The molecule has 0 spiro atoms. The maximum Gasteiger partial charge on any atom is 0.314 e. The molecule has 0 aromatic heterocycles. The van der Waals surface area contributed by atoms with Crippen molar-refractivity contribution in [1.29, 1.82) is 0 Å². The lowest BCUT2D eigenvalue weighted by Crippen LogP contribution is -2.29. The molecule has 0 saturated heterocycles. The van der Waals surface area contributed by atoms with E-state index in [1.165, 1.54) is 5.56 Å². The standard InChI is InChI=1S/C19H22N2O2/c1-3-4-7-15-9-11-16(12-10-15)20-18(22)19(23)21-17-8-5-6-14(2)13-17/h5-6,8-13H,3-4,7H2,1-2H3,(H,20,22)(H,21,23). The van der Waals surface area contributed by atoms with E-state index in [2.05, 4.69) is 17.6 Å². The lowest BCUT2D eigenvalue weighted by Gasteiger charge is -2.08. The Balaban J connectivity index is 1.91. The van der Waals surface area contributed by atoms with Gasteiger partial charge >= 0.3 is 11.8 Å². The molecule has 23 heavy (non-hydrogen) atoms. The molecule has 4 heteroatoms. The topological polar surface area (TPSA) is 58.2 Å². The SMILES string of the molecule is CCCCc1ccc(NC(=O)C(=O)Nc2cccc(C)c2)cc1. The minimum Gasteiger partial charge on any atom is -0.318 e. The van der Waals surface area contributed by atoms with Crippen LogP contribution in [0.3, 0.4) is 0 Å². The first-order chi connectivity index (χ1) is 11.1. The average molecular weight is 310 g/mol. The molecular weight excluding hydrogens is 288 g/mol. The maximum atomic E-state index is 11.9. The monoisotopic (exact) mass is 310 g/mol. The van der Waals surface area contributed by atoms with Crippen molar-refractivity contribution in [2.45, 2.75) is 33.1 Å². The first-order valence-electron chi connectivity index (χ1n) is 7.86. The Bertz CT molecular complexity index is 678. The predicted octanol–water partition coefficient (Wildman–Crippen LogP) is 3.91. The largest absolute Gasteiger partial charge is 0.318 e. The molecule has 0 aliphatic carbocycles. The Morgan fingerprint density at radius 2 is 1.57 bits per heavy atom. The third kappa shape index (κ3) is 5.25. The summed E-state index contributed by atoms with van der Waals surface area (Å²) in [6.45, 7) is 4.08. The lowest BCUT2D eigenvalue weighted by molar-refractivity contribution is -0.132. The van der Waals surface area contributed by atoms with Crippen LogP contribution < -0.4 is 10.6 Å². The van der Waals surface area contributed by atoms with Crippen molar-refractivity contribution in [3.8, 4) is 0 Å². The van der Waals surface area contributed by atoms with Gasteiger partial charge in [-0.3, -0.25) is 9.59 Å². The lowest BCUT2D eigenvalue weighted by atomic mass is 10.1. The van der Waals surface area contributed by atoms with E-state index in [9.17, 15) is 9.59 Å². The number of anilines is 2. The van der Waals surface area contributed by atoms with Crippen molar-refractivity contribution >= 4 is 23.2 Å². The fourth-order valence-electron chi connectivity index (χ4n) is 2.23. The molecular formula is C19H22N2O2. The quantitative estimate of drug-likeness (QED) is 0.822. The fourth-order valence-corrected chi connectivity index (χ4v) is 2.23. The van der Waals surface area contributed by atoms with Crippen LogP contribution in [0.1, 0.15) is 30.9 Å². The molecule has 0 unspecified atom stereocenters. The molecule has 2 aromatic rings. The number of carbonyl (C=O) groups excluding carboxylic acids is 2. The molecule has 0 heterocycles. The Hall–Kier alpha value is -2.62. The normalized spacial score (nSPS) is 10.2. The molecule has 2 aromatic carbocycles. The molecule has 2 N–H and O–H groups in total. The van der Waals surface area contributed by atoms with Gasteiger partial charge in [-0.2, -0.15) is 0 Å². The second-order valence-corrected chi connectivity index (χ2v) is 5.58. The van der Waals surface area contributed by atoms with Gasteiger partial charge < -0.3 is 10.6 Å². The van der Waals surface area contributed by atoms with E-state index < -0.39 is 11.8 Å². The van der Waals surface area contributed by atoms with Gasteiger partial charge in [-0.25, -0.2) is 0 Å². The van der Waals surface area contributed by atoms with Crippen molar-refractivity contribution in [2.24, 2.45) is 0 Å². The van der Waals surface area contributed by atoms with Crippen LogP contribution in [-0.2, 0) is 16.0 Å². The zero-order chi connectivity index (χ0) is 16.7. The number of hydrogen-bond acceptors (Lipinski definition) is 2. The van der Waals surface area contributed by atoms with Crippen LogP contribution in [0.25, 0.3) is 0 Å². The van der Waals surface area contributed by atoms with Crippen LogP contribution >= 0.6 is 0 Å². The first kappa shape index (κ1) is 16.7. The first-order valence-corrected chi connectivity index (χ1v) is 7.86. The van der Waals surface area contributed by atoms with Gasteiger partial charge in [0.05, 0.1) is 0 Å². The van der Waals surface area contributed by atoms with Gasteiger partial charge in [0.1, 0.15) is 0 Å². The molecule has 0 fully saturated rings. The van der Waals surface area contributed by atoms with Gasteiger partial charge in [0, 0.05) is 11.4 Å². The summed E-state index contributed by atoms with van der Waals surface area (Å²) in [5, 5.41) is 5.20. The van der Waals surface area contributed by atoms with Gasteiger partial charge in [0.25, 0.3) is 0 Å². The number of nitrogens with one attached hydrogen (secondary N) is 2. The van der Waals surface area contributed by atoms with E-state index in [0.717, 1.165) is 24.8 Å². The highest BCUT2D eigenvalue weighted by molar-refractivity contribution is 6.43. The third-order valence-electron chi connectivity index (χ3n) is 3.51. The molecule has 0 saturated carbocycles. The summed E-state index contributed by atoms with van der Waals surface area (Å²) in [5.74, 6) is -1.35. The van der Waals surface area contributed by atoms with Gasteiger partial charge in [0.2, 0.25) is 0 Å². The number of unbranched alkanes of at least 4 members (excludes halogenated alkanes) is 1. The molecule has 120 valence electrons. The highest BCUT2D eigenvalue weighted by Crippen LogP contribution is 2.13. The third-order valence-corrected chi connectivity index (χ3v) is 3.51. The number of hydrogen-bond donors (Lipinski definition) is 2. The van der Waals surface area contributed by atoms with Crippen molar-refractivity contribution in [3.63, 3.8) is 0 Å². The van der Waals surface area contributed by atoms with Gasteiger partial charge in [0.15, 0.2) is 0 Å². The van der Waals surface area contributed by atoms with Crippen LogP contribution in [0.15, 0.2) is 48.5 Å². The summed E-state index contributed by atoms with van der Waals surface area (Å²) in [7, 11) is 0. The smallest absolute Gasteiger partial charge is 0.314 e. The summed E-state index contributed by atoms with van der Waals surface area (Å²) < 4.78 is 0. The predicted molar refractivity (Wildman–Crippen MR) is 93.5 cm³/mol. The van der Waals surface area contributed by atoms with Crippen LogP contribution in [0, 0.1) is 6.92 Å². The highest BCUT2D eigenvalue weighted by atomic mass is 16.2. The van der Waals surface area contributed by atoms with Crippen molar-refractivity contribution in [2.75, 3.05) is 10.6 Å². The molecule has 2 rings (SSSR count). The molecule has 0 aliphatic rings. The van der Waals surface area contributed by atoms with E-state index in [1.807, 2.05) is 49.4 Å². The summed E-state index contributed by atoms with van der Waals surface area (Å²) >= 11 is 0. The Morgan fingerprint density at radius 3 is 2.17 bits per heavy atom. The van der Waals surface area contributed by atoms with E-state index in [-0.39, 0.29) is 0 Å². The minimum atomic E-state index is -0.675. The molecule has 0 radical (unpaired) electrons. The van der Waals surface area contributed by atoms with Crippen LogP contribution in [0.4, 0.5) is 11.4 Å². The van der Waals surface area contributed by atoms with Crippen molar-refractivity contribution < 1.29 is 9.59 Å². The molecule has 4 nitrogen and oxygen atoms in total. The molecule has 0 aliphatic heterocycles. The summed E-state index contributed by atoms with van der Waals surface area (Å²) in [4.78, 5) is 23.8. The second kappa shape index (κ2) is 8.13. The van der Waals surface area contributed by atoms with E-state index in [0.29, 0.717) is 11.4 Å². The number of aryl methyl sites for hydroxylation is 2. The summed E-state index contributed by atoms with van der Waals surface area (Å²) in [6, 6.07) is 14.9. The van der Waals surface area contributed by atoms with E-state index in [4.69, 9.17) is 0 Å². The highest BCUT2D eigenvalue weighted by Gasteiger charge is 2.14. The summed E-state index contributed by atoms with van der Waals surface area (Å²) in [5.41, 5.74) is 3.48. The van der Waals surface area contributed by atoms with E-state index >= 15 is 0 Å². The molecule has 2 amide bonds. The zero-order valence-corrected chi connectivity index (χ0v) is 13.6. The number of benzene rings is 2. The second-order valence-electron chi connectivity index (χ2n) is 5.58. The maximum absolute atomic E-state index is 11.9. The van der Waals surface area contributed by atoms with Crippen molar-refractivity contribution in [3.05, 3.63) is 59.7 Å². The fraction of sp³-hybridized carbons (Fsp3) is 0.263. The van der Waals surface area contributed by atoms with Gasteiger partial charge in [-0.05, 0) is 55.2 Å². The van der Waals surface area contributed by atoms with E-state index in [1.54, 1.807) is 6.07 Å². The number of carbonyl (C=O) groups is 2.